The number of imidazole rings is 1. The molecule has 0 aliphatic carbocycles. The molecule has 24 heavy (non-hydrogen) atoms. The SMILES string of the molecule is Cc1ccc(C(=O)NC2CCN(C(=O)Cn3ccnc3C)CC2)s1. The molecule has 0 bridgehead atoms. The fourth-order valence-electron chi connectivity index (χ4n) is 2.90. The second-order valence-corrected chi connectivity index (χ2v) is 7.43. The quantitative estimate of drug-likeness (QED) is 0.920. The van der Waals surface area contributed by atoms with Crippen molar-refractivity contribution in [1.82, 2.24) is 19.8 Å². The number of hydrogen-bond acceptors (Lipinski definition) is 4. The molecule has 1 aliphatic rings. The summed E-state index contributed by atoms with van der Waals surface area (Å²) in [6, 6.07) is 3.96. The van der Waals surface area contributed by atoms with E-state index < -0.39 is 0 Å². The zero-order valence-corrected chi connectivity index (χ0v) is 14.8. The van der Waals surface area contributed by atoms with Gasteiger partial charge in [0.15, 0.2) is 0 Å². The summed E-state index contributed by atoms with van der Waals surface area (Å²) >= 11 is 1.51. The molecule has 6 nitrogen and oxygen atoms in total. The molecule has 1 fully saturated rings. The predicted molar refractivity (Wildman–Crippen MR) is 93.1 cm³/mol. The first-order valence-corrected chi connectivity index (χ1v) is 8.97. The Labute approximate surface area is 145 Å². The van der Waals surface area contributed by atoms with Gasteiger partial charge in [-0.1, -0.05) is 0 Å². The lowest BCUT2D eigenvalue weighted by atomic mass is 10.0. The molecule has 2 amide bonds. The molecule has 3 heterocycles. The van der Waals surface area contributed by atoms with Crippen molar-refractivity contribution in [2.75, 3.05) is 13.1 Å². The summed E-state index contributed by atoms with van der Waals surface area (Å²) in [5, 5.41) is 3.08. The van der Waals surface area contributed by atoms with E-state index in [4.69, 9.17) is 0 Å². The molecule has 0 unspecified atom stereocenters. The number of aromatic nitrogens is 2. The fraction of sp³-hybridized carbons (Fsp3) is 0.471. The van der Waals surface area contributed by atoms with Gasteiger partial charge >= 0.3 is 0 Å². The van der Waals surface area contributed by atoms with E-state index in [0.717, 1.165) is 28.4 Å². The molecule has 2 aromatic heterocycles. The Balaban J connectivity index is 1.48. The molecule has 3 rings (SSSR count). The number of nitrogens with zero attached hydrogens (tertiary/aromatic N) is 3. The molecule has 1 aliphatic heterocycles. The van der Waals surface area contributed by atoms with Gasteiger partial charge in [-0.25, -0.2) is 4.98 Å². The minimum absolute atomic E-state index is 0.00748. The number of thiophene rings is 1. The van der Waals surface area contributed by atoms with E-state index in [1.54, 1.807) is 6.20 Å². The van der Waals surface area contributed by atoms with Crippen LogP contribution in [0.4, 0.5) is 0 Å². The van der Waals surface area contributed by atoms with Crippen LogP contribution in [0.5, 0.6) is 0 Å². The Bertz CT molecular complexity index is 729. The number of likely N-dealkylation sites (tertiary alicyclic amines) is 1. The van der Waals surface area contributed by atoms with E-state index in [2.05, 4.69) is 10.3 Å². The first-order valence-electron chi connectivity index (χ1n) is 8.16. The Morgan fingerprint density at radius 3 is 2.62 bits per heavy atom. The number of nitrogens with one attached hydrogen (secondary N) is 1. The zero-order valence-electron chi connectivity index (χ0n) is 14.0. The van der Waals surface area contributed by atoms with E-state index in [0.29, 0.717) is 19.6 Å². The maximum absolute atomic E-state index is 12.4. The highest BCUT2D eigenvalue weighted by Gasteiger charge is 2.24. The summed E-state index contributed by atoms with van der Waals surface area (Å²) < 4.78 is 1.86. The van der Waals surface area contributed by atoms with Gasteiger partial charge in [-0.2, -0.15) is 0 Å². The largest absolute Gasteiger partial charge is 0.348 e. The summed E-state index contributed by atoms with van der Waals surface area (Å²) in [7, 11) is 0. The zero-order chi connectivity index (χ0) is 17.1. The molecule has 0 atom stereocenters. The van der Waals surface area contributed by atoms with Crippen LogP contribution >= 0.6 is 11.3 Å². The monoisotopic (exact) mass is 346 g/mol. The average molecular weight is 346 g/mol. The topological polar surface area (TPSA) is 67.2 Å². The van der Waals surface area contributed by atoms with Crippen molar-refractivity contribution in [2.45, 2.75) is 39.3 Å². The van der Waals surface area contributed by atoms with E-state index in [9.17, 15) is 9.59 Å². The lowest BCUT2D eigenvalue weighted by Crippen LogP contribution is -2.47. The first kappa shape index (κ1) is 16.7. The summed E-state index contributed by atoms with van der Waals surface area (Å²) in [6.07, 6.45) is 5.12. The molecule has 0 radical (unpaired) electrons. The van der Waals surface area contributed by atoms with Crippen LogP contribution in [0.25, 0.3) is 0 Å². The van der Waals surface area contributed by atoms with Gasteiger partial charge in [0.2, 0.25) is 5.91 Å². The number of carbonyl (C=O) groups excluding carboxylic acids is 2. The van der Waals surface area contributed by atoms with Crippen molar-refractivity contribution < 1.29 is 9.59 Å². The van der Waals surface area contributed by atoms with Crippen molar-refractivity contribution >= 4 is 23.2 Å². The standard InChI is InChI=1S/C17H22N4O2S/c1-12-3-4-15(24-12)17(23)19-14-5-8-20(9-6-14)16(22)11-21-10-7-18-13(21)2/h3-4,7,10,14H,5-6,8-9,11H2,1-2H3,(H,19,23). The second-order valence-electron chi connectivity index (χ2n) is 6.14. The summed E-state index contributed by atoms with van der Waals surface area (Å²) in [6.45, 7) is 5.58. The highest BCUT2D eigenvalue weighted by Crippen LogP contribution is 2.17. The third kappa shape index (κ3) is 3.84. The van der Waals surface area contributed by atoms with Crippen LogP contribution in [0.3, 0.4) is 0 Å². The van der Waals surface area contributed by atoms with Crippen molar-refractivity contribution in [3.05, 3.63) is 40.1 Å². The van der Waals surface area contributed by atoms with Gasteiger partial charge in [-0.15, -0.1) is 11.3 Å². The van der Waals surface area contributed by atoms with Crippen LogP contribution in [0.2, 0.25) is 0 Å². The molecule has 1 N–H and O–H groups in total. The molecule has 0 spiro atoms. The number of hydrogen-bond donors (Lipinski definition) is 1. The van der Waals surface area contributed by atoms with Crippen molar-refractivity contribution in [2.24, 2.45) is 0 Å². The van der Waals surface area contributed by atoms with Gasteiger partial charge in [-0.3, -0.25) is 9.59 Å². The third-order valence-electron chi connectivity index (χ3n) is 4.38. The third-order valence-corrected chi connectivity index (χ3v) is 5.38. The van der Waals surface area contributed by atoms with E-state index >= 15 is 0 Å². The average Bonchev–Trinajstić information content (AvgIpc) is 3.17. The number of aryl methyl sites for hydroxylation is 2. The Morgan fingerprint density at radius 1 is 1.29 bits per heavy atom. The van der Waals surface area contributed by atoms with Crippen LogP contribution in [0.1, 0.15) is 33.2 Å². The highest BCUT2D eigenvalue weighted by molar-refractivity contribution is 7.13. The van der Waals surface area contributed by atoms with Gasteiger partial charge in [0.1, 0.15) is 12.4 Å². The molecule has 0 aromatic carbocycles. The molecule has 7 heteroatoms. The summed E-state index contributed by atoms with van der Waals surface area (Å²) in [5.41, 5.74) is 0. The lowest BCUT2D eigenvalue weighted by molar-refractivity contribution is -0.132. The number of carbonyl (C=O) groups is 2. The van der Waals surface area contributed by atoms with Gasteiger partial charge in [-0.05, 0) is 38.8 Å². The van der Waals surface area contributed by atoms with Gasteiger partial charge < -0.3 is 14.8 Å². The minimum Gasteiger partial charge on any atom is -0.348 e. The van der Waals surface area contributed by atoms with E-state index in [-0.39, 0.29) is 17.9 Å². The molecular weight excluding hydrogens is 324 g/mol. The minimum atomic E-state index is -0.00748. The van der Waals surface area contributed by atoms with E-state index in [1.807, 2.05) is 41.6 Å². The maximum atomic E-state index is 12.4. The van der Waals surface area contributed by atoms with E-state index in [1.165, 1.54) is 11.3 Å². The van der Waals surface area contributed by atoms with Gasteiger partial charge in [0, 0.05) is 36.4 Å². The number of rotatable bonds is 4. The molecule has 128 valence electrons. The maximum Gasteiger partial charge on any atom is 0.261 e. The molecule has 1 saturated heterocycles. The van der Waals surface area contributed by atoms with Crippen LogP contribution < -0.4 is 5.32 Å². The Hall–Kier alpha value is -2.15. The van der Waals surface area contributed by atoms with Crippen molar-refractivity contribution in [3.63, 3.8) is 0 Å². The summed E-state index contributed by atoms with van der Waals surface area (Å²) in [4.78, 5) is 32.5. The normalized spacial score (nSPS) is 15.5. The van der Waals surface area contributed by atoms with Crippen LogP contribution in [0.15, 0.2) is 24.5 Å². The molecule has 2 aromatic rings. The number of amides is 2. The lowest BCUT2D eigenvalue weighted by Gasteiger charge is -2.32. The van der Waals surface area contributed by atoms with Gasteiger partial charge in [0.25, 0.3) is 5.91 Å². The molecule has 0 saturated carbocycles. The fourth-order valence-corrected chi connectivity index (χ4v) is 3.67. The number of piperidine rings is 1. The highest BCUT2D eigenvalue weighted by atomic mass is 32.1. The molecular formula is C17H22N4O2S. The second kappa shape index (κ2) is 7.17. The van der Waals surface area contributed by atoms with Crippen LogP contribution in [-0.2, 0) is 11.3 Å². The Morgan fingerprint density at radius 2 is 2.04 bits per heavy atom. The predicted octanol–water partition coefficient (Wildman–Crippen LogP) is 1.98. The van der Waals surface area contributed by atoms with Gasteiger partial charge in [0.05, 0.1) is 4.88 Å². The van der Waals surface area contributed by atoms with Crippen molar-refractivity contribution in [1.29, 1.82) is 0 Å². The smallest absolute Gasteiger partial charge is 0.261 e. The Kier molecular flexibility index (Phi) is 4.99. The van der Waals surface area contributed by atoms with Crippen LogP contribution in [0, 0.1) is 13.8 Å². The first-order chi connectivity index (χ1) is 11.5. The summed E-state index contributed by atoms with van der Waals surface area (Å²) in [5.74, 6) is 0.943. The van der Waals surface area contributed by atoms with Crippen molar-refractivity contribution in [3.8, 4) is 0 Å². The van der Waals surface area contributed by atoms with Crippen LogP contribution in [-0.4, -0.2) is 45.4 Å².